The number of fused-ring (bicyclic) bond motifs is 3. The van der Waals surface area contributed by atoms with Crippen molar-refractivity contribution in [3.63, 3.8) is 0 Å². The minimum atomic E-state index is -0.0393. The largest absolute Gasteiger partial charge is 0.383 e. The fourth-order valence-electron chi connectivity index (χ4n) is 2.78. The van der Waals surface area contributed by atoms with Crippen molar-refractivity contribution in [2.75, 3.05) is 39.9 Å². The van der Waals surface area contributed by atoms with E-state index in [0.717, 1.165) is 39.0 Å². The van der Waals surface area contributed by atoms with E-state index in [1.807, 2.05) is 0 Å². The Hall–Kier alpha value is -0.450. The fourth-order valence-corrected chi connectivity index (χ4v) is 2.78. The lowest BCUT2D eigenvalue weighted by Gasteiger charge is -2.50. The number of ketones is 1. The smallest absolute Gasteiger partial charge is 0.157 e. The molecule has 0 aliphatic carbocycles. The molecule has 4 nitrogen and oxygen atoms in total. The lowest BCUT2D eigenvalue weighted by atomic mass is 9.69. The summed E-state index contributed by atoms with van der Waals surface area (Å²) in [5, 5.41) is 3.30. The Labute approximate surface area is 97.3 Å². The van der Waals surface area contributed by atoms with E-state index in [0.29, 0.717) is 12.4 Å². The van der Waals surface area contributed by atoms with Gasteiger partial charge in [0.25, 0.3) is 0 Å². The number of carbonyl (C=O) groups excluding carboxylic acids is 1. The number of carbonyl (C=O) groups is 1. The Morgan fingerprint density at radius 2 is 2.19 bits per heavy atom. The first kappa shape index (κ1) is 12.0. The molecule has 92 valence electrons. The lowest BCUT2D eigenvalue weighted by molar-refractivity contribution is -0.145. The van der Waals surface area contributed by atoms with Gasteiger partial charge in [0.15, 0.2) is 5.78 Å². The Balaban J connectivity index is 1.87. The molecule has 3 aliphatic heterocycles. The van der Waals surface area contributed by atoms with E-state index >= 15 is 0 Å². The van der Waals surface area contributed by atoms with Gasteiger partial charge in [-0.05, 0) is 25.9 Å². The van der Waals surface area contributed by atoms with Gasteiger partial charge in [-0.2, -0.15) is 0 Å². The number of ether oxygens (including phenoxy) is 1. The number of piperidine rings is 3. The Morgan fingerprint density at radius 3 is 2.81 bits per heavy atom. The number of hydrogen-bond donors (Lipinski definition) is 1. The van der Waals surface area contributed by atoms with Crippen molar-refractivity contribution in [1.29, 1.82) is 0 Å². The molecule has 4 heteroatoms. The molecule has 1 atom stereocenters. The van der Waals surface area contributed by atoms with Crippen LogP contribution in [0.3, 0.4) is 0 Å². The monoisotopic (exact) mass is 226 g/mol. The van der Waals surface area contributed by atoms with Crippen LogP contribution in [-0.4, -0.2) is 56.6 Å². The minimum absolute atomic E-state index is 0.0393. The average molecular weight is 226 g/mol. The van der Waals surface area contributed by atoms with Crippen molar-refractivity contribution >= 4 is 5.78 Å². The van der Waals surface area contributed by atoms with E-state index < -0.39 is 0 Å². The molecule has 0 amide bonds. The highest BCUT2D eigenvalue weighted by molar-refractivity contribution is 5.91. The standard InChI is InChI=1S/C12H22N2O2/c1-12-3-6-14(7-4-12)10(11(12)15)9-13-5-8-16-2/h10,13H,3-9H2,1-2H3. The second kappa shape index (κ2) is 4.82. The van der Waals surface area contributed by atoms with E-state index in [1.54, 1.807) is 7.11 Å². The molecule has 3 fully saturated rings. The molecule has 2 bridgehead atoms. The van der Waals surface area contributed by atoms with Gasteiger partial charge in [0.1, 0.15) is 0 Å². The van der Waals surface area contributed by atoms with E-state index in [4.69, 9.17) is 4.74 Å². The zero-order valence-electron chi connectivity index (χ0n) is 10.3. The first-order valence-corrected chi connectivity index (χ1v) is 6.15. The normalized spacial score (nSPS) is 38.0. The van der Waals surface area contributed by atoms with Crippen LogP contribution in [0, 0.1) is 5.41 Å². The van der Waals surface area contributed by atoms with Crippen LogP contribution in [0.4, 0.5) is 0 Å². The van der Waals surface area contributed by atoms with E-state index in [2.05, 4.69) is 17.1 Å². The fraction of sp³-hybridized carbons (Fsp3) is 0.917. The van der Waals surface area contributed by atoms with Gasteiger partial charge in [0.05, 0.1) is 12.6 Å². The summed E-state index contributed by atoms with van der Waals surface area (Å²) in [6, 6.07) is 0.101. The second-order valence-electron chi connectivity index (χ2n) is 5.17. The minimum Gasteiger partial charge on any atom is -0.383 e. The van der Waals surface area contributed by atoms with E-state index in [9.17, 15) is 4.79 Å². The molecule has 3 saturated heterocycles. The van der Waals surface area contributed by atoms with Crippen LogP contribution in [0.15, 0.2) is 0 Å². The topological polar surface area (TPSA) is 41.6 Å². The molecule has 0 radical (unpaired) electrons. The van der Waals surface area contributed by atoms with Crippen LogP contribution in [-0.2, 0) is 9.53 Å². The number of nitrogens with one attached hydrogen (secondary N) is 1. The molecular weight excluding hydrogens is 204 g/mol. The van der Waals surface area contributed by atoms with E-state index in [-0.39, 0.29) is 11.5 Å². The molecule has 1 unspecified atom stereocenters. The van der Waals surface area contributed by atoms with Crippen LogP contribution in [0.25, 0.3) is 0 Å². The third-order valence-electron chi connectivity index (χ3n) is 4.06. The van der Waals surface area contributed by atoms with Gasteiger partial charge in [0, 0.05) is 25.6 Å². The van der Waals surface area contributed by atoms with Crippen molar-refractivity contribution in [3.05, 3.63) is 0 Å². The van der Waals surface area contributed by atoms with Crippen molar-refractivity contribution in [2.24, 2.45) is 5.41 Å². The number of methoxy groups -OCH3 is 1. The Kier molecular flexibility index (Phi) is 3.62. The number of nitrogens with zero attached hydrogens (tertiary/aromatic N) is 1. The van der Waals surface area contributed by atoms with Crippen molar-refractivity contribution in [1.82, 2.24) is 10.2 Å². The Morgan fingerprint density at radius 1 is 1.50 bits per heavy atom. The first-order valence-electron chi connectivity index (χ1n) is 6.15. The molecule has 3 heterocycles. The van der Waals surface area contributed by atoms with Crippen LogP contribution in [0.1, 0.15) is 19.8 Å². The first-order chi connectivity index (χ1) is 7.67. The molecule has 0 aromatic heterocycles. The summed E-state index contributed by atoms with van der Waals surface area (Å²) in [5.74, 6) is 0.440. The predicted molar refractivity (Wildman–Crippen MR) is 62.5 cm³/mol. The van der Waals surface area contributed by atoms with Crippen LogP contribution >= 0.6 is 0 Å². The molecule has 3 aliphatic rings. The van der Waals surface area contributed by atoms with Gasteiger partial charge in [0.2, 0.25) is 0 Å². The van der Waals surface area contributed by atoms with Crippen LogP contribution in [0.5, 0.6) is 0 Å². The summed E-state index contributed by atoms with van der Waals surface area (Å²) in [6.45, 7) is 6.60. The number of hydrogen-bond acceptors (Lipinski definition) is 4. The molecule has 3 rings (SSSR count). The summed E-state index contributed by atoms with van der Waals surface area (Å²) < 4.78 is 4.98. The molecule has 0 spiro atoms. The van der Waals surface area contributed by atoms with Gasteiger partial charge in [-0.3, -0.25) is 9.69 Å². The lowest BCUT2D eigenvalue weighted by Crippen LogP contribution is -2.62. The molecule has 0 aromatic carbocycles. The highest BCUT2D eigenvalue weighted by Crippen LogP contribution is 2.39. The summed E-state index contributed by atoms with van der Waals surface area (Å²) in [7, 11) is 1.69. The molecule has 0 saturated carbocycles. The zero-order chi connectivity index (χ0) is 11.6. The van der Waals surface area contributed by atoms with Crippen LogP contribution < -0.4 is 5.32 Å². The van der Waals surface area contributed by atoms with Gasteiger partial charge in [-0.15, -0.1) is 0 Å². The zero-order valence-corrected chi connectivity index (χ0v) is 10.3. The predicted octanol–water partition coefficient (Wildman–Crippen LogP) is 0.276. The molecule has 0 aromatic rings. The summed E-state index contributed by atoms with van der Waals surface area (Å²) >= 11 is 0. The highest BCUT2D eigenvalue weighted by Gasteiger charge is 2.48. The third kappa shape index (κ3) is 2.14. The second-order valence-corrected chi connectivity index (χ2v) is 5.17. The molecule has 16 heavy (non-hydrogen) atoms. The number of Topliss-reactive ketones (excluding diaryl/α,β-unsaturated/α-hetero) is 1. The average Bonchev–Trinajstić information content (AvgIpc) is 2.29. The van der Waals surface area contributed by atoms with Gasteiger partial charge >= 0.3 is 0 Å². The molecular formula is C12H22N2O2. The summed E-state index contributed by atoms with van der Waals surface area (Å²) in [6.07, 6.45) is 2.08. The van der Waals surface area contributed by atoms with Crippen LogP contribution in [0.2, 0.25) is 0 Å². The summed E-state index contributed by atoms with van der Waals surface area (Å²) in [4.78, 5) is 14.6. The molecule has 1 N–H and O–H groups in total. The van der Waals surface area contributed by atoms with Crippen molar-refractivity contribution < 1.29 is 9.53 Å². The van der Waals surface area contributed by atoms with Gasteiger partial charge in [-0.1, -0.05) is 6.92 Å². The van der Waals surface area contributed by atoms with E-state index in [1.165, 1.54) is 0 Å². The highest BCUT2D eigenvalue weighted by atomic mass is 16.5. The number of rotatable bonds is 5. The third-order valence-corrected chi connectivity index (χ3v) is 4.06. The maximum Gasteiger partial charge on any atom is 0.157 e. The van der Waals surface area contributed by atoms with Gasteiger partial charge < -0.3 is 10.1 Å². The van der Waals surface area contributed by atoms with Crippen molar-refractivity contribution in [2.45, 2.75) is 25.8 Å². The SMILES string of the molecule is COCCNCC1C(=O)C2(C)CCN1CC2. The van der Waals surface area contributed by atoms with Gasteiger partial charge in [-0.25, -0.2) is 0 Å². The summed E-state index contributed by atoms with van der Waals surface area (Å²) in [5.41, 5.74) is -0.0393. The quantitative estimate of drug-likeness (QED) is 0.684. The maximum atomic E-state index is 12.3. The maximum absolute atomic E-state index is 12.3. The Bertz CT molecular complexity index is 260. The van der Waals surface area contributed by atoms with Crippen molar-refractivity contribution in [3.8, 4) is 0 Å².